The number of aromatic nitrogens is 2. The molecule has 0 aliphatic carbocycles. The largest absolute Gasteiger partial charge is 0.375 e. The van der Waals surface area contributed by atoms with Crippen molar-refractivity contribution in [2.45, 2.75) is 26.0 Å². The fraction of sp³-hybridized carbons (Fsp3) is 0.375. The van der Waals surface area contributed by atoms with Gasteiger partial charge in [0, 0.05) is 17.1 Å². The van der Waals surface area contributed by atoms with Gasteiger partial charge in [-0.25, -0.2) is 0 Å². The molecule has 1 aliphatic heterocycles. The molecule has 1 aliphatic rings. The molecule has 1 aromatic heterocycles. The average molecular weight is 320 g/mol. The van der Waals surface area contributed by atoms with E-state index in [9.17, 15) is 4.79 Å². The smallest absolute Gasteiger partial charge is 0.272 e. The first-order chi connectivity index (χ1) is 10.5. The van der Waals surface area contributed by atoms with Crippen molar-refractivity contribution in [1.29, 1.82) is 0 Å². The topological polar surface area (TPSA) is 58.2 Å². The van der Waals surface area contributed by atoms with E-state index >= 15 is 0 Å². The number of H-pyrrole nitrogens is 1. The molecule has 22 heavy (non-hydrogen) atoms. The minimum Gasteiger partial charge on any atom is -0.375 e. The summed E-state index contributed by atoms with van der Waals surface area (Å²) in [5.74, 6) is -0.0524. The van der Waals surface area contributed by atoms with E-state index in [1.54, 1.807) is 12.1 Å². The Morgan fingerprint density at radius 2 is 2.23 bits per heavy atom. The van der Waals surface area contributed by atoms with Gasteiger partial charge in [0.15, 0.2) is 0 Å². The summed E-state index contributed by atoms with van der Waals surface area (Å²) in [6, 6.07) is 9.23. The molecule has 3 rings (SSSR count). The first-order valence-electron chi connectivity index (χ1n) is 7.28. The van der Waals surface area contributed by atoms with E-state index in [-0.39, 0.29) is 18.1 Å². The second-order valence-electron chi connectivity index (χ2n) is 5.63. The van der Waals surface area contributed by atoms with Gasteiger partial charge in [-0.05, 0) is 32.0 Å². The normalized spacial score (nSPS) is 21.9. The number of amides is 1. The molecule has 5 nitrogen and oxygen atoms in total. The molecule has 116 valence electrons. The van der Waals surface area contributed by atoms with Crippen LogP contribution in [0.2, 0.25) is 5.02 Å². The lowest BCUT2D eigenvalue weighted by Crippen LogP contribution is -2.50. The van der Waals surface area contributed by atoms with Gasteiger partial charge in [0.25, 0.3) is 5.91 Å². The van der Waals surface area contributed by atoms with Gasteiger partial charge in [0.1, 0.15) is 5.69 Å². The van der Waals surface area contributed by atoms with Crippen molar-refractivity contribution in [1.82, 2.24) is 15.1 Å². The minimum absolute atomic E-state index is 0.0514. The maximum Gasteiger partial charge on any atom is 0.272 e. The molecule has 0 saturated carbocycles. The van der Waals surface area contributed by atoms with Gasteiger partial charge in [-0.3, -0.25) is 9.89 Å². The standard InChI is InChI=1S/C16H18ClN3O2/c1-10-9-22-11(2)8-20(10)16(21)15-7-14(18-19-15)12-4-3-5-13(17)6-12/h3-7,10-11H,8-9H2,1-2H3,(H,18,19)/t10-,11+/m0/s1. The van der Waals surface area contributed by atoms with Crippen molar-refractivity contribution in [3.8, 4) is 11.3 Å². The molecule has 2 aromatic rings. The lowest BCUT2D eigenvalue weighted by Gasteiger charge is -2.36. The van der Waals surface area contributed by atoms with Crippen LogP contribution in [0, 0.1) is 0 Å². The van der Waals surface area contributed by atoms with Gasteiger partial charge >= 0.3 is 0 Å². The molecule has 1 aromatic carbocycles. The van der Waals surface area contributed by atoms with Crippen LogP contribution in [0.4, 0.5) is 0 Å². The third-order valence-electron chi connectivity index (χ3n) is 3.80. The summed E-state index contributed by atoms with van der Waals surface area (Å²) in [5, 5.41) is 7.70. The first kappa shape index (κ1) is 15.1. The summed E-state index contributed by atoms with van der Waals surface area (Å²) in [7, 11) is 0. The molecule has 0 spiro atoms. The lowest BCUT2D eigenvalue weighted by molar-refractivity contribution is -0.0389. The highest BCUT2D eigenvalue weighted by molar-refractivity contribution is 6.30. The molecular weight excluding hydrogens is 302 g/mol. The van der Waals surface area contributed by atoms with Crippen molar-refractivity contribution in [2.24, 2.45) is 0 Å². The Morgan fingerprint density at radius 3 is 3.00 bits per heavy atom. The number of nitrogens with one attached hydrogen (secondary N) is 1. The average Bonchev–Trinajstić information content (AvgIpc) is 2.99. The molecule has 1 amide bonds. The predicted octanol–water partition coefficient (Wildman–Crippen LogP) is 2.98. The Bertz CT molecular complexity index is 686. The number of morpholine rings is 1. The molecule has 0 bridgehead atoms. The number of ether oxygens (including phenoxy) is 1. The number of benzene rings is 1. The summed E-state index contributed by atoms with van der Waals surface area (Å²) in [5.41, 5.74) is 2.07. The van der Waals surface area contributed by atoms with Crippen molar-refractivity contribution in [3.05, 3.63) is 41.0 Å². The molecule has 1 fully saturated rings. The zero-order valence-corrected chi connectivity index (χ0v) is 13.3. The number of hydrogen-bond acceptors (Lipinski definition) is 3. The SMILES string of the molecule is C[C@@H]1CN(C(=O)c2cc(-c3cccc(Cl)c3)n[nH]2)[C@@H](C)CO1. The fourth-order valence-corrected chi connectivity index (χ4v) is 2.76. The number of hydrogen-bond donors (Lipinski definition) is 1. The van der Waals surface area contributed by atoms with Gasteiger partial charge in [-0.1, -0.05) is 23.7 Å². The molecule has 1 saturated heterocycles. The Morgan fingerprint density at radius 1 is 1.41 bits per heavy atom. The van der Waals surface area contributed by atoms with E-state index in [2.05, 4.69) is 10.2 Å². The highest BCUT2D eigenvalue weighted by atomic mass is 35.5. The van der Waals surface area contributed by atoms with Crippen LogP contribution in [0.15, 0.2) is 30.3 Å². The van der Waals surface area contributed by atoms with Crippen LogP contribution in [0.3, 0.4) is 0 Å². The molecule has 2 heterocycles. The summed E-state index contributed by atoms with van der Waals surface area (Å²) in [6.07, 6.45) is 0.0514. The van der Waals surface area contributed by atoms with Crippen LogP contribution in [-0.2, 0) is 4.74 Å². The van der Waals surface area contributed by atoms with Crippen LogP contribution in [0.25, 0.3) is 11.3 Å². The van der Waals surface area contributed by atoms with Crippen molar-refractivity contribution >= 4 is 17.5 Å². The Balaban J connectivity index is 1.82. The van der Waals surface area contributed by atoms with Gasteiger partial charge < -0.3 is 9.64 Å². The van der Waals surface area contributed by atoms with Crippen LogP contribution in [0.5, 0.6) is 0 Å². The van der Waals surface area contributed by atoms with E-state index < -0.39 is 0 Å². The summed E-state index contributed by atoms with van der Waals surface area (Å²) >= 11 is 5.99. The van der Waals surface area contributed by atoms with Gasteiger partial charge in [0.05, 0.1) is 24.4 Å². The summed E-state index contributed by atoms with van der Waals surface area (Å²) in [4.78, 5) is 14.5. The monoisotopic (exact) mass is 319 g/mol. The highest BCUT2D eigenvalue weighted by Crippen LogP contribution is 2.22. The maximum atomic E-state index is 12.6. The second kappa shape index (κ2) is 6.10. The predicted molar refractivity (Wildman–Crippen MR) is 84.9 cm³/mol. The number of carbonyl (C=O) groups excluding carboxylic acids is 1. The molecule has 2 atom stereocenters. The number of halogens is 1. The number of carbonyl (C=O) groups is 1. The number of aromatic amines is 1. The Kier molecular flexibility index (Phi) is 4.18. The van der Waals surface area contributed by atoms with E-state index in [0.29, 0.717) is 29.6 Å². The molecular formula is C16H18ClN3O2. The van der Waals surface area contributed by atoms with Crippen LogP contribution in [0.1, 0.15) is 24.3 Å². The third-order valence-corrected chi connectivity index (χ3v) is 4.03. The third kappa shape index (κ3) is 3.00. The molecule has 1 N–H and O–H groups in total. The van der Waals surface area contributed by atoms with Gasteiger partial charge in [-0.2, -0.15) is 5.10 Å². The van der Waals surface area contributed by atoms with Gasteiger partial charge in [0.2, 0.25) is 0 Å². The van der Waals surface area contributed by atoms with E-state index in [1.165, 1.54) is 0 Å². The molecule has 0 radical (unpaired) electrons. The van der Waals surface area contributed by atoms with Crippen molar-refractivity contribution in [2.75, 3.05) is 13.2 Å². The van der Waals surface area contributed by atoms with Crippen LogP contribution < -0.4 is 0 Å². The van der Waals surface area contributed by atoms with E-state index in [4.69, 9.17) is 16.3 Å². The summed E-state index contributed by atoms with van der Waals surface area (Å²) in [6.45, 7) is 5.10. The van der Waals surface area contributed by atoms with Crippen LogP contribution in [-0.4, -0.2) is 46.3 Å². The minimum atomic E-state index is -0.0524. The zero-order valence-electron chi connectivity index (χ0n) is 12.5. The number of rotatable bonds is 2. The van der Waals surface area contributed by atoms with Crippen molar-refractivity contribution in [3.63, 3.8) is 0 Å². The zero-order chi connectivity index (χ0) is 15.7. The summed E-state index contributed by atoms with van der Waals surface area (Å²) < 4.78 is 5.56. The molecule has 0 unspecified atom stereocenters. The Hall–Kier alpha value is -1.85. The van der Waals surface area contributed by atoms with E-state index in [1.807, 2.05) is 36.9 Å². The van der Waals surface area contributed by atoms with Gasteiger partial charge in [-0.15, -0.1) is 0 Å². The van der Waals surface area contributed by atoms with Crippen molar-refractivity contribution < 1.29 is 9.53 Å². The molecule has 6 heteroatoms. The quantitative estimate of drug-likeness (QED) is 0.925. The fourth-order valence-electron chi connectivity index (χ4n) is 2.57. The van der Waals surface area contributed by atoms with Crippen LogP contribution >= 0.6 is 11.6 Å². The second-order valence-corrected chi connectivity index (χ2v) is 6.06. The lowest BCUT2D eigenvalue weighted by atomic mass is 10.1. The van der Waals surface area contributed by atoms with E-state index in [0.717, 1.165) is 5.56 Å². The Labute approximate surface area is 134 Å². The first-order valence-corrected chi connectivity index (χ1v) is 7.66. The highest BCUT2D eigenvalue weighted by Gasteiger charge is 2.29. The number of nitrogens with zero attached hydrogens (tertiary/aromatic N) is 2. The maximum absolute atomic E-state index is 12.6.